The molecule has 2 aliphatic heterocycles. The fraction of sp³-hybridized carbons (Fsp3) is 0.500. The minimum absolute atomic E-state index is 0.0207. The van der Waals surface area contributed by atoms with Crippen molar-refractivity contribution < 1.29 is 24.2 Å². The summed E-state index contributed by atoms with van der Waals surface area (Å²) in [5.74, 6) is 0.652. The summed E-state index contributed by atoms with van der Waals surface area (Å²) in [6, 6.07) is 15.7. The Bertz CT molecular complexity index is 1060. The number of aliphatic hydroxyl groups is 1. The van der Waals surface area contributed by atoms with E-state index in [-0.39, 0.29) is 49.1 Å². The van der Waals surface area contributed by atoms with Crippen molar-refractivity contribution in [3.8, 4) is 5.75 Å². The van der Waals surface area contributed by atoms with E-state index >= 15 is 0 Å². The number of ether oxygens (including phenoxy) is 2. The van der Waals surface area contributed by atoms with E-state index in [1.165, 1.54) is 5.56 Å². The average molecular weight is 494 g/mol. The van der Waals surface area contributed by atoms with Crippen LogP contribution in [0.3, 0.4) is 0 Å². The number of fused-ring (bicyclic) bond motifs is 3. The lowest BCUT2D eigenvalue weighted by Gasteiger charge is -2.37. The Hall–Kier alpha value is -3.10. The molecule has 5 rings (SSSR count). The third-order valence-electron chi connectivity index (χ3n) is 7.44. The molecule has 0 aromatic heterocycles. The minimum atomic E-state index is -0.514. The Morgan fingerprint density at radius 1 is 1.06 bits per heavy atom. The van der Waals surface area contributed by atoms with Crippen LogP contribution in [0.2, 0.25) is 0 Å². The fourth-order valence-electron chi connectivity index (χ4n) is 5.66. The molecule has 8 nitrogen and oxygen atoms in total. The van der Waals surface area contributed by atoms with E-state index in [0.29, 0.717) is 18.7 Å². The predicted molar refractivity (Wildman–Crippen MR) is 136 cm³/mol. The first kappa shape index (κ1) is 24.6. The number of benzene rings is 2. The van der Waals surface area contributed by atoms with Gasteiger partial charge in [-0.1, -0.05) is 43.2 Å². The van der Waals surface area contributed by atoms with Gasteiger partial charge in [-0.3, -0.25) is 4.79 Å². The maximum absolute atomic E-state index is 12.6. The van der Waals surface area contributed by atoms with Crippen LogP contribution in [-0.4, -0.2) is 54.6 Å². The van der Waals surface area contributed by atoms with E-state index in [4.69, 9.17) is 9.47 Å². The number of anilines is 1. The van der Waals surface area contributed by atoms with Gasteiger partial charge in [0.05, 0.1) is 19.1 Å². The smallest absolute Gasteiger partial charge is 0.319 e. The molecule has 36 heavy (non-hydrogen) atoms. The zero-order chi connectivity index (χ0) is 24.9. The molecular formula is C28H35N3O5. The molecule has 8 heteroatoms. The summed E-state index contributed by atoms with van der Waals surface area (Å²) >= 11 is 0. The highest BCUT2D eigenvalue weighted by Gasteiger charge is 2.46. The topological polar surface area (TPSA) is 109 Å². The van der Waals surface area contributed by atoms with Gasteiger partial charge in [0, 0.05) is 29.8 Å². The minimum Gasteiger partial charge on any atom is -0.487 e. The van der Waals surface area contributed by atoms with Crippen molar-refractivity contribution in [2.75, 3.05) is 18.5 Å². The summed E-state index contributed by atoms with van der Waals surface area (Å²) in [4.78, 5) is 25.1. The molecule has 3 aliphatic rings. The van der Waals surface area contributed by atoms with Crippen LogP contribution in [0.4, 0.5) is 10.5 Å². The average Bonchev–Trinajstić information content (AvgIpc) is 3.52. The number of rotatable bonds is 8. The molecule has 2 fully saturated rings. The molecule has 3 amide bonds. The predicted octanol–water partition coefficient (Wildman–Crippen LogP) is 3.49. The normalized spacial score (nSPS) is 24.9. The summed E-state index contributed by atoms with van der Waals surface area (Å²) in [6.07, 6.45) is 4.83. The number of aliphatic hydroxyl groups excluding tert-OH is 1. The number of carbonyl (C=O) groups excluding carboxylic acids is 2. The molecule has 2 heterocycles. The first-order valence-electron chi connectivity index (χ1n) is 13.0. The third kappa shape index (κ3) is 5.82. The second-order valence-electron chi connectivity index (χ2n) is 10.0. The van der Waals surface area contributed by atoms with Crippen LogP contribution < -0.4 is 20.7 Å². The lowest BCUT2D eigenvalue weighted by Crippen LogP contribution is -2.47. The van der Waals surface area contributed by atoms with E-state index in [1.807, 2.05) is 48.5 Å². The second-order valence-corrected chi connectivity index (χ2v) is 10.0. The number of urea groups is 1. The fourth-order valence-corrected chi connectivity index (χ4v) is 5.66. The molecule has 0 unspecified atom stereocenters. The molecule has 192 valence electrons. The van der Waals surface area contributed by atoms with Crippen molar-refractivity contribution in [2.24, 2.45) is 0 Å². The summed E-state index contributed by atoms with van der Waals surface area (Å²) in [5.41, 5.74) is 2.86. The van der Waals surface area contributed by atoms with Gasteiger partial charge in [-0.15, -0.1) is 0 Å². The van der Waals surface area contributed by atoms with E-state index < -0.39 is 6.10 Å². The number of amides is 3. The van der Waals surface area contributed by atoms with Crippen molar-refractivity contribution in [1.29, 1.82) is 0 Å². The van der Waals surface area contributed by atoms with Gasteiger partial charge in [0.15, 0.2) is 0 Å². The van der Waals surface area contributed by atoms with E-state index in [0.717, 1.165) is 43.4 Å². The van der Waals surface area contributed by atoms with Crippen molar-refractivity contribution in [3.05, 3.63) is 59.7 Å². The van der Waals surface area contributed by atoms with Gasteiger partial charge in [-0.2, -0.15) is 0 Å². The highest BCUT2D eigenvalue weighted by molar-refractivity contribution is 5.89. The molecule has 1 saturated carbocycles. The van der Waals surface area contributed by atoms with Crippen molar-refractivity contribution in [2.45, 2.75) is 75.2 Å². The summed E-state index contributed by atoms with van der Waals surface area (Å²) in [5, 5.41) is 19.0. The molecule has 0 radical (unpaired) electrons. The molecule has 4 atom stereocenters. The molecule has 1 saturated heterocycles. The number of hydrogen-bond donors (Lipinski definition) is 4. The van der Waals surface area contributed by atoms with Crippen molar-refractivity contribution in [3.63, 3.8) is 0 Å². The van der Waals surface area contributed by atoms with Gasteiger partial charge < -0.3 is 30.5 Å². The van der Waals surface area contributed by atoms with Gasteiger partial charge in [-0.05, 0) is 49.4 Å². The van der Waals surface area contributed by atoms with E-state index in [9.17, 15) is 14.7 Å². The second kappa shape index (κ2) is 11.3. The molecule has 4 N–H and O–H groups in total. The van der Waals surface area contributed by atoms with Gasteiger partial charge in [0.1, 0.15) is 18.0 Å². The maximum atomic E-state index is 12.6. The van der Waals surface area contributed by atoms with Crippen LogP contribution in [0.15, 0.2) is 48.5 Å². The van der Waals surface area contributed by atoms with E-state index in [1.54, 1.807) is 0 Å². The Labute approximate surface area is 211 Å². The van der Waals surface area contributed by atoms with Crippen LogP contribution in [0.1, 0.15) is 55.6 Å². The largest absolute Gasteiger partial charge is 0.487 e. The maximum Gasteiger partial charge on any atom is 0.319 e. The lowest BCUT2D eigenvalue weighted by molar-refractivity contribution is -0.142. The van der Waals surface area contributed by atoms with Crippen molar-refractivity contribution >= 4 is 17.6 Å². The van der Waals surface area contributed by atoms with Gasteiger partial charge in [0.2, 0.25) is 5.91 Å². The van der Waals surface area contributed by atoms with Crippen LogP contribution in [0, 0.1) is 0 Å². The standard InChI is InChI=1S/C28H35N3O5/c32-17-25-27-23(15-21(35-25)16-26(33)29-13-12-18-6-2-1-3-7-18)22-14-20(10-11-24(22)36-27)31-28(34)30-19-8-4-5-9-19/h1-3,6-7,10-11,14,19,21,23,25,27,32H,4-5,8-9,12-13,15-17H2,(H,29,33)(H2,30,31,34)/t21-,23-,25+,27+/m1/s1. The van der Waals surface area contributed by atoms with Crippen LogP contribution in [-0.2, 0) is 16.0 Å². The molecule has 0 spiro atoms. The number of nitrogens with one attached hydrogen (secondary N) is 3. The first-order chi connectivity index (χ1) is 17.6. The number of hydrogen-bond acceptors (Lipinski definition) is 5. The summed E-state index contributed by atoms with van der Waals surface area (Å²) in [6.45, 7) is 0.380. The van der Waals surface area contributed by atoms with Crippen molar-refractivity contribution in [1.82, 2.24) is 10.6 Å². The molecule has 2 aromatic rings. The van der Waals surface area contributed by atoms with Crippen LogP contribution in [0.25, 0.3) is 0 Å². The summed E-state index contributed by atoms with van der Waals surface area (Å²) < 4.78 is 12.2. The van der Waals surface area contributed by atoms with Gasteiger partial charge in [-0.25, -0.2) is 4.79 Å². The SMILES string of the molecule is O=C(C[C@H]1C[C@@H]2c3cc(NC(=O)NC4CCCC4)ccc3O[C@@H]2[C@H](CO)O1)NCCc1ccccc1. The molecule has 0 bridgehead atoms. The molecule has 2 aromatic carbocycles. The third-order valence-corrected chi connectivity index (χ3v) is 7.44. The van der Waals surface area contributed by atoms with Gasteiger partial charge in [0.25, 0.3) is 0 Å². The Morgan fingerprint density at radius 3 is 2.64 bits per heavy atom. The monoisotopic (exact) mass is 493 g/mol. The van der Waals surface area contributed by atoms with Crippen LogP contribution >= 0.6 is 0 Å². The molecular weight excluding hydrogens is 458 g/mol. The van der Waals surface area contributed by atoms with Crippen LogP contribution in [0.5, 0.6) is 5.75 Å². The first-order valence-corrected chi connectivity index (χ1v) is 13.0. The lowest BCUT2D eigenvalue weighted by atomic mass is 9.84. The zero-order valence-corrected chi connectivity index (χ0v) is 20.4. The summed E-state index contributed by atoms with van der Waals surface area (Å²) in [7, 11) is 0. The molecule has 1 aliphatic carbocycles. The van der Waals surface area contributed by atoms with E-state index in [2.05, 4.69) is 16.0 Å². The Morgan fingerprint density at radius 2 is 1.86 bits per heavy atom. The zero-order valence-electron chi connectivity index (χ0n) is 20.4. The number of carbonyl (C=O) groups is 2. The highest BCUT2D eigenvalue weighted by Crippen LogP contribution is 2.47. The highest BCUT2D eigenvalue weighted by atomic mass is 16.6. The Kier molecular flexibility index (Phi) is 7.72. The van der Waals surface area contributed by atoms with Gasteiger partial charge >= 0.3 is 6.03 Å². The Balaban J connectivity index is 1.19. The quantitative estimate of drug-likeness (QED) is 0.450.